The van der Waals surface area contributed by atoms with Gasteiger partial charge in [-0.2, -0.15) is 0 Å². The molecule has 0 atom stereocenters. The van der Waals surface area contributed by atoms with E-state index in [0.717, 1.165) is 5.52 Å². The first-order valence-electron chi connectivity index (χ1n) is 5.57. The third-order valence-electron chi connectivity index (χ3n) is 2.85. The Morgan fingerprint density at radius 2 is 1.94 bits per heavy atom. The van der Waals surface area contributed by atoms with Crippen molar-refractivity contribution < 1.29 is 8.42 Å². The lowest BCUT2D eigenvalue weighted by atomic mass is 10.2. The second kappa shape index (κ2) is 4.55. The molecule has 1 aromatic heterocycles. The van der Waals surface area contributed by atoms with E-state index >= 15 is 0 Å². The van der Waals surface area contributed by atoms with Crippen LogP contribution in [0.2, 0.25) is 0 Å². The van der Waals surface area contributed by atoms with Crippen LogP contribution in [0.4, 0.5) is 0 Å². The van der Waals surface area contributed by atoms with Gasteiger partial charge in [0.15, 0.2) is 0 Å². The molecule has 1 heterocycles. The minimum atomic E-state index is -3.74. The molecule has 0 fully saturated rings. The Balaban J connectivity index is 2.95. The van der Waals surface area contributed by atoms with E-state index in [1.54, 1.807) is 22.8 Å². The maximum atomic E-state index is 12.2. The SMILES string of the molecule is CCn1cc(S(=O)(=O)NC)c(=O)c2ccccc21. The van der Waals surface area contributed by atoms with Crippen molar-refractivity contribution in [3.8, 4) is 0 Å². The molecule has 2 aromatic rings. The van der Waals surface area contributed by atoms with Gasteiger partial charge in [0.25, 0.3) is 0 Å². The Hall–Kier alpha value is -1.66. The molecule has 0 radical (unpaired) electrons. The molecular weight excluding hydrogens is 252 g/mol. The first kappa shape index (κ1) is 12.8. The number of hydrogen-bond acceptors (Lipinski definition) is 3. The number of nitrogens with zero attached hydrogens (tertiary/aromatic N) is 1. The zero-order chi connectivity index (χ0) is 13.3. The van der Waals surface area contributed by atoms with Gasteiger partial charge in [0.1, 0.15) is 4.90 Å². The topological polar surface area (TPSA) is 68.2 Å². The summed E-state index contributed by atoms with van der Waals surface area (Å²) < 4.78 is 27.5. The van der Waals surface area contributed by atoms with Gasteiger partial charge in [0, 0.05) is 18.1 Å². The lowest BCUT2D eigenvalue weighted by Gasteiger charge is -2.11. The van der Waals surface area contributed by atoms with Crippen molar-refractivity contribution in [1.82, 2.24) is 9.29 Å². The molecule has 0 bridgehead atoms. The van der Waals surface area contributed by atoms with E-state index in [1.807, 2.05) is 13.0 Å². The fourth-order valence-corrected chi connectivity index (χ4v) is 2.72. The Morgan fingerprint density at radius 1 is 1.28 bits per heavy atom. The van der Waals surface area contributed by atoms with E-state index in [2.05, 4.69) is 4.72 Å². The molecular formula is C12H14N2O3S. The quantitative estimate of drug-likeness (QED) is 0.898. The summed E-state index contributed by atoms with van der Waals surface area (Å²) in [5.74, 6) is 0. The van der Waals surface area contributed by atoms with Gasteiger partial charge in [0.2, 0.25) is 15.5 Å². The molecule has 0 aliphatic rings. The van der Waals surface area contributed by atoms with Crippen LogP contribution in [0, 0.1) is 0 Å². The first-order valence-corrected chi connectivity index (χ1v) is 7.05. The molecule has 0 aliphatic heterocycles. The number of pyridine rings is 1. The molecule has 0 saturated carbocycles. The van der Waals surface area contributed by atoms with Crippen molar-refractivity contribution in [2.45, 2.75) is 18.4 Å². The summed E-state index contributed by atoms with van der Waals surface area (Å²) in [7, 11) is -2.44. The highest BCUT2D eigenvalue weighted by molar-refractivity contribution is 7.89. The van der Waals surface area contributed by atoms with Gasteiger partial charge < -0.3 is 4.57 Å². The smallest absolute Gasteiger partial charge is 0.245 e. The van der Waals surface area contributed by atoms with Crippen LogP contribution in [0.1, 0.15) is 6.92 Å². The highest BCUT2D eigenvalue weighted by Crippen LogP contribution is 2.13. The Bertz CT molecular complexity index is 747. The van der Waals surface area contributed by atoms with E-state index in [-0.39, 0.29) is 4.90 Å². The summed E-state index contributed by atoms with van der Waals surface area (Å²) in [5, 5.41) is 0.413. The Morgan fingerprint density at radius 3 is 2.56 bits per heavy atom. The largest absolute Gasteiger partial charge is 0.346 e. The Kier molecular flexibility index (Phi) is 3.23. The monoisotopic (exact) mass is 266 g/mol. The zero-order valence-corrected chi connectivity index (χ0v) is 11.0. The average Bonchev–Trinajstić information content (AvgIpc) is 2.39. The van der Waals surface area contributed by atoms with Crippen molar-refractivity contribution >= 4 is 20.9 Å². The normalized spacial score (nSPS) is 11.9. The zero-order valence-electron chi connectivity index (χ0n) is 10.2. The number of rotatable bonds is 3. The van der Waals surface area contributed by atoms with Crippen molar-refractivity contribution in [2.24, 2.45) is 0 Å². The third kappa shape index (κ3) is 1.93. The molecule has 1 aromatic carbocycles. The second-order valence-electron chi connectivity index (χ2n) is 3.83. The van der Waals surface area contributed by atoms with Crippen LogP contribution < -0.4 is 10.2 Å². The molecule has 18 heavy (non-hydrogen) atoms. The fraction of sp³-hybridized carbons (Fsp3) is 0.250. The van der Waals surface area contributed by atoms with Gasteiger partial charge in [-0.1, -0.05) is 12.1 Å². The number of sulfonamides is 1. The van der Waals surface area contributed by atoms with Crippen molar-refractivity contribution in [3.05, 3.63) is 40.7 Å². The van der Waals surface area contributed by atoms with Gasteiger partial charge in [-0.25, -0.2) is 13.1 Å². The summed E-state index contributed by atoms with van der Waals surface area (Å²) in [4.78, 5) is 12.0. The number of fused-ring (bicyclic) bond motifs is 1. The first-order chi connectivity index (χ1) is 8.51. The van der Waals surface area contributed by atoms with Crippen LogP contribution in [0.15, 0.2) is 40.2 Å². The number of aryl methyl sites for hydroxylation is 1. The number of benzene rings is 1. The number of aromatic nitrogens is 1. The van der Waals surface area contributed by atoms with Gasteiger partial charge >= 0.3 is 0 Å². The highest BCUT2D eigenvalue weighted by Gasteiger charge is 2.19. The van der Waals surface area contributed by atoms with Crippen LogP contribution in [-0.2, 0) is 16.6 Å². The maximum absolute atomic E-state index is 12.2. The summed E-state index contributed by atoms with van der Waals surface area (Å²) in [6, 6.07) is 6.98. The molecule has 0 unspecified atom stereocenters. The second-order valence-corrected chi connectivity index (χ2v) is 5.69. The van der Waals surface area contributed by atoms with Gasteiger partial charge in [-0.15, -0.1) is 0 Å². The van der Waals surface area contributed by atoms with Crippen LogP contribution in [0.25, 0.3) is 10.9 Å². The molecule has 6 heteroatoms. The van der Waals surface area contributed by atoms with Gasteiger partial charge in [-0.3, -0.25) is 4.79 Å². The molecule has 5 nitrogen and oxygen atoms in total. The van der Waals surface area contributed by atoms with Crippen LogP contribution in [0.5, 0.6) is 0 Å². The van der Waals surface area contributed by atoms with E-state index in [0.29, 0.717) is 11.9 Å². The van der Waals surface area contributed by atoms with Crippen LogP contribution in [0.3, 0.4) is 0 Å². The van der Waals surface area contributed by atoms with E-state index in [4.69, 9.17) is 0 Å². The van der Waals surface area contributed by atoms with E-state index in [1.165, 1.54) is 13.2 Å². The van der Waals surface area contributed by atoms with Crippen molar-refractivity contribution in [1.29, 1.82) is 0 Å². The lowest BCUT2D eigenvalue weighted by Crippen LogP contribution is -2.26. The van der Waals surface area contributed by atoms with Crippen LogP contribution in [-0.4, -0.2) is 20.0 Å². The van der Waals surface area contributed by atoms with E-state index in [9.17, 15) is 13.2 Å². The van der Waals surface area contributed by atoms with Crippen molar-refractivity contribution in [2.75, 3.05) is 7.05 Å². The average molecular weight is 266 g/mol. The third-order valence-corrected chi connectivity index (χ3v) is 4.26. The lowest BCUT2D eigenvalue weighted by molar-refractivity contribution is 0.586. The molecule has 0 saturated heterocycles. The molecule has 0 aliphatic carbocycles. The van der Waals surface area contributed by atoms with Crippen LogP contribution >= 0.6 is 0 Å². The number of nitrogens with one attached hydrogen (secondary N) is 1. The molecule has 2 rings (SSSR count). The van der Waals surface area contributed by atoms with Crippen molar-refractivity contribution in [3.63, 3.8) is 0 Å². The maximum Gasteiger partial charge on any atom is 0.245 e. The highest BCUT2D eigenvalue weighted by atomic mass is 32.2. The molecule has 0 spiro atoms. The van der Waals surface area contributed by atoms with E-state index < -0.39 is 15.5 Å². The predicted molar refractivity (Wildman–Crippen MR) is 70.1 cm³/mol. The van der Waals surface area contributed by atoms with Gasteiger partial charge in [0.05, 0.1) is 5.52 Å². The molecule has 0 amide bonds. The standard InChI is InChI=1S/C12H14N2O3S/c1-3-14-8-11(18(16,17)13-2)12(15)9-6-4-5-7-10(9)14/h4-8,13H,3H2,1-2H3. The minimum absolute atomic E-state index is 0.217. The predicted octanol–water partition coefficient (Wildman–Crippen LogP) is 0.929. The van der Waals surface area contributed by atoms with Gasteiger partial charge in [-0.05, 0) is 26.1 Å². The summed E-state index contributed by atoms with van der Waals surface area (Å²) >= 11 is 0. The number of hydrogen-bond donors (Lipinski definition) is 1. The summed E-state index contributed by atoms with van der Waals surface area (Å²) in [5.41, 5.74) is 0.268. The number of para-hydroxylation sites is 1. The Labute approximate surface area is 105 Å². The fourth-order valence-electron chi connectivity index (χ4n) is 1.88. The molecule has 96 valence electrons. The molecule has 1 N–H and O–H groups in total. The summed E-state index contributed by atoms with van der Waals surface area (Å²) in [6.45, 7) is 2.49. The minimum Gasteiger partial charge on any atom is -0.346 e. The summed E-state index contributed by atoms with van der Waals surface area (Å²) in [6.07, 6.45) is 1.39.